The molecule has 1 aromatic heterocycles. The maximum atomic E-state index is 13.6. The van der Waals surface area contributed by atoms with E-state index in [4.69, 9.17) is 11.6 Å². The second kappa shape index (κ2) is 7.08. The number of halogens is 2. The van der Waals surface area contributed by atoms with E-state index in [1.54, 1.807) is 12.1 Å². The van der Waals surface area contributed by atoms with Crippen LogP contribution in [0.25, 0.3) is 0 Å². The summed E-state index contributed by atoms with van der Waals surface area (Å²) in [7, 11) is -3.36. The van der Waals surface area contributed by atoms with E-state index in [0.717, 1.165) is 37.5 Å². The van der Waals surface area contributed by atoms with E-state index in [0.29, 0.717) is 17.7 Å². The largest absolute Gasteiger partial charge is 0.333 e. The lowest BCUT2D eigenvalue weighted by Gasteiger charge is -2.32. The Balaban J connectivity index is 2.02. The first kappa shape index (κ1) is 18.4. The Bertz CT molecular complexity index is 858. The summed E-state index contributed by atoms with van der Waals surface area (Å²) in [6, 6.07) is 4.70. The number of rotatable bonds is 4. The molecule has 1 atom stereocenters. The van der Waals surface area contributed by atoms with Crippen LogP contribution in [0.15, 0.2) is 29.4 Å². The zero-order valence-corrected chi connectivity index (χ0v) is 15.9. The smallest absolute Gasteiger partial charge is 0.192 e. The van der Waals surface area contributed by atoms with Crippen molar-refractivity contribution in [2.24, 2.45) is 11.8 Å². The Hall–Kier alpha value is -1.40. The van der Waals surface area contributed by atoms with Crippen LogP contribution in [0.2, 0.25) is 5.02 Å². The van der Waals surface area contributed by atoms with Crippen molar-refractivity contribution in [3.8, 4) is 0 Å². The molecule has 1 unspecified atom stereocenters. The number of aromatic amines is 1. The molecule has 0 bridgehead atoms. The van der Waals surface area contributed by atoms with E-state index in [-0.39, 0.29) is 16.0 Å². The lowest BCUT2D eigenvalue weighted by Crippen LogP contribution is -2.21. The van der Waals surface area contributed by atoms with Gasteiger partial charge in [0.25, 0.3) is 0 Å². The van der Waals surface area contributed by atoms with E-state index in [1.807, 2.05) is 0 Å². The van der Waals surface area contributed by atoms with Crippen LogP contribution in [0, 0.1) is 17.7 Å². The maximum absolute atomic E-state index is 13.6. The van der Waals surface area contributed by atoms with Crippen molar-refractivity contribution in [3.63, 3.8) is 0 Å². The molecule has 1 N–H and O–H groups in total. The highest BCUT2D eigenvalue weighted by Gasteiger charge is 2.31. The second-order valence-corrected chi connectivity index (χ2v) is 9.47. The predicted molar refractivity (Wildman–Crippen MR) is 96.1 cm³/mol. The van der Waals surface area contributed by atoms with Crippen molar-refractivity contribution in [2.75, 3.05) is 6.26 Å². The summed E-state index contributed by atoms with van der Waals surface area (Å²) in [4.78, 5) is 7.29. The fraction of sp³-hybridized carbons (Fsp3) is 0.500. The first-order valence-corrected chi connectivity index (χ1v) is 10.7. The van der Waals surface area contributed by atoms with Crippen molar-refractivity contribution >= 4 is 21.4 Å². The molecule has 1 aliphatic carbocycles. The van der Waals surface area contributed by atoms with Crippen LogP contribution < -0.4 is 0 Å². The monoisotopic (exact) mass is 384 g/mol. The third kappa shape index (κ3) is 4.06. The Morgan fingerprint density at radius 2 is 1.96 bits per heavy atom. The van der Waals surface area contributed by atoms with E-state index in [2.05, 4.69) is 16.9 Å². The minimum atomic E-state index is -3.36. The van der Waals surface area contributed by atoms with Gasteiger partial charge in [0.05, 0.1) is 11.2 Å². The van der Waals surface area contributed by atoms with E-state index >= 15 is 0 Å². The number of nitrogens with zero attached hydrogens (tertiary/aromatic N) is 1. The fourth-order valence-corrected chi connectivity index (χ4v) is 4.37. The zero-order chi connectivity index (χ0) is 18.2. The second-order valence-electron chi connectivity index (χ2n) is 7.08. The van der Waals surface area contributed by atoms with Crippen molar-refractivity contribution in [1.29, 1.82) is 0 Å². The topological polar surface area (TPSA) is 62.8 Å². The predicted octanol–water partition coefficient (Wildman–Crippen LogP) is 4.56. The number of nitrogens with one attached hydrogen (secondary N) is 1. The van der Waals surface area contributed by atoms with Gasteiger partial charge < -0.3 is 4.98 Å². The molecule has 1 fully saturated rings. The Morgan fingerprint density at radius 1 is 1.28 bits per heavy atom. The molecule has 3 rings (SSSR count). The molecule has 1 saturated carbocycles. The summed E-state index contributed by atoms with van der Waals surface area (Å²) in [6.07, 6.45) is 6.79. The Morgan fingerprint density at radius 3 is 2.52 bits per heavy atom. The van der Waals surface area contributed by atoms with Crippen LogP contribution in [0.3, 0.4) is 0 Å². The molecule has 1 heterocycles. The zero-order valence-electron chi connectivity index (χ0n) is 14.3. The molecule has 136 valence electrons. The molecule has 2 aromatic rings. The summed E-state index contributed by atoms with van der Waals surface area (Å²) in [6.45, 7) is 2.24. The van der Waals surface area contributed by atoms with E-state index in [9.17, 15) is 12.8 Å². The average Bonchev–Trinajstić information content (AvgIpc) is 3.03. The Kier molecular flexibility index (Phi) is 5.21. The van der Waals surface area contributed by atoms with Crippen LogP contribution in [-0.2, 0) is 9.84 Å². The quantitative estimate of drug-likeness (QED) is 0.840. The van der Waals surface area contributed by atoms with Crippen molar-refractivity contribution < 1.29 is 12.8 Å². The number of imidazole rings is 1. The highest BCUT2D eigenvalue weighted by Crippen LogP contribution is 2.41. The first-order chi connectivity index (χ1) is 11.8. The standard InChI is InChI=1S/C18H22ClFN2O2S/c1-11-3-5-12(6-4-11)17(13-7-8-15(20)14(19)9-13)18-21-10-16(22-18)25(2,23)24/h7-12,17H,3-6H2,1-2H3,(H,21,22). The van der Waals surface area contributed by atoms with Crippen LogP contribution in [0.1, 0.15) is 49.9 Å². The molecule has 0 aliphatic heterocycles. The SMILES string of the molecule is CC1CCC(C(c2ccc(F)c(Cl)c2)c2ncc(S(C)(=O)=O)[nH]2)CC1. The van der Waals surface area contributed by atoms with Crippen LogP contribution >= 0.6 is 11.6 Å². The van der Waals surface area contributed by atoms with Gasteiger partial charge in [-0.05, 0) is 42.4 Å². The van der Waals surface area contributed by atoms with Gasteiger partial charge in [0.1, 0.15) is 11.6 Å². The number of aromatic nitrogens is 2. The fourth-order valence-electron chi connectivity index (χ4n) is 3.64. The summed E-state index contributed by atoms with van der Waals surface area (Å²) >= 11 is 5.98. The number of benzene rings is 1. The van der Waals surface area contributed by atoms with E-state index in [1.165, 1.54) is 12.3 Å². The number of H-pyrrole nitrogens is 1. The number of sulfone groups is 1. The molecule has 1 aromatic carbocycles. The van der Waals surface area contributed by atoms with Gasteiger partial charge in [0, 0.05) is 12.2 Å². The summed E-state index contributed by atoms with van der Waals surface area (Å²) in [5.74, 6) is 1.02. The lowest BCUT2D eigenvalue weighted by molar-refractivity contribution is 0.265. The average molecular weight is 385 g/mol. The van der Waals surface area contributed by atoms with Gasteiger partial charge in [0.2, 0.25) is 0 Å². The van der Waals surface area contributed by atoms with Gasteiger partial charge in [-0.3, -0.25) is 0 Å². The van der Waals surface area contributed by atoms with Crippen LogP contribution in [-0.4, -0.2) is 24.6 Å². The molecule has 1 aliphatic rings. The maximum Gasteiger partial charge on any atom is 0.192 e. The van der Waals surface area contributed by atoms with Crippen molar-refractivity contribution in [3.05, 3.63) is 46.6 Å². The molecule has 0 spiro atoms. The summed E-state index contributed by atoms with van der Waals surface area (Å²) in [5, 5.41) is 0.173. The molecule has 0 saturated heterocycles. The molecule has 25 heavy (non-hydrogen) atoms. The molecule has 0 radical (unpaired) electrons. The first-order valence-electron chi connectivity index (χ1n) is 8.45. The van der Waals surface area contributed by atoms with Crippen molar-refractivity contribution in [2.45, 2.75) is 43.6 Å². The minimum absolute atomic E-state index is 0.0709. The molecule has 0 amide bonds. The molecule has 4 nitrogen and oxygen atoms in total. The molecule has 7 heteroatoms. The van der Waals surface area contributed by atoms with Gasteiger partial charge in [-0.25, -0.2) is 17.8 Å². The summed E-state index contributed by atoms with van der Waals surface area (Å²) in [5.41, 5.74) is 0.861. The highest BCUT2D eigenvalue weighted by molar-refractivity contribution is 7.90. The number of hydrogen-bond acceptors (Lipinski definition) is 3. The third-order valence-corrected chi connectivity index (χ3v) is 6.40. The van der Waals surface area contributed by atoms with E-state index < -0.39 is 15.7 Å². The molecular formula is C18H22ClFN2O2S. The van der Waals surface area contributed by atoms with Crippen molar-refractivity contribution in [1.82, 2.24) is 9.97 Å². The van der Waals surface area contributed by atoms with Gasteiger partial charge >= 0.3 is 0 Å². The molecular weight excluding hydrogens is 363 g/mol. The highest BCUT2D eigenvalue weighted by atomic mass is 35.5. The third-order valence-electron chi connectivity index (χ3n) is 5.10. The van der Waals surface area contributed by atoms with Gasteiger partial charge in [0.15, 0.2) is 14.9 Å². The minimum Gasteiger partial charge on any atom is -0.333 e. The summed E-state index contributed by atoms with van der Waals surface area (Å²) < 4.78 is 37.1. The van der Waals surface area contributed by atoms with Crippen LogP contribution in [0.5, 0.6) is 0 Å². The van der Waals surface area contributed by atoms with Gasteiger partial charge in [-0.1, -0.05) is 37.4 Å². The Labute approximate surface area is 152 Å². The van der Waals surface area contributed by atoms with Gasteiger partial charge in [-0.15, -0.1) is 0 Å². The number of hydrogen-bond donors (Lipinski definition) is 1. The van der Waals surface area contributed by atoms with Gasteiger partial charge in [-0.2, -0.15) is 0 Å². The van der Waals surface area contributed by atoms with Crippen LogP contribution in [0.4, 0.5) is 4.39 Å². The normalized spacial score (nSPS) is 22.7. The lowest BCUT2D eigenvalue weighted by atomic mass is 9.73.